The van der Waals surface area contributed by atoms with E-state index in [2.05, 4.69) is 11.4 Å². The number of nitrogens with one attached hydrogen (secondary N) is 2. The number of carbonyl (C=O) groups excluding carboxylic acids is 2. The fraction of sp³-hybridized carbons (Fsp3) is 0.375. The van der Waals surface area contributed by atoms with Gasteiger partial charge in [0.1, 0.15) is 13.1 Å². The molecular weight excluding hydrogens is 314 g/mol. The van der Waals surface area contributed by atoms with Gasteiger partial charge in [-0.2, -0.15) is 0 Å². The van der Waals surface area contributed by atoms with Gasteiger partial charge in [-0.3, -0.25) is 9.59 Å². The number of quaternary nitrogens is 1. The van der Waals surface area contributed by atoms with E-state index in [1.165, 1.54) is 9.78 Å². The van der Waals surface area contributed by atoms with Gasteiger partial charge < -0.3 is 19.5 Å². The summed E-state index contributed by atoms with van der Waals surface area (Å²) in [5.74, 6) is 0.608. The smallest absolute Gasteiger partial charge is 0.277 e. The normalized spacial score (nSPS) is 11.9. The average molecular weight is 336 g/mol. The third-order valence-electron chi connectivity index (χ3n) is 3.50. The van der Waals surface area contributed by atoms with Crippen molar-refractivity contribution in [3.05, 3.63) is 46.5 Å². The molecule has 0 saturated carbocycles. The highest BCUT2D eigenvalue weighted by Crippen LogP contribution is 2.06. The largest absolute Gasteiger partial charge is 0.463 e. The van der Waals surface area contributed by atoms with Crippen LogP contribution in [0.25, 0.3) is 0 Å². The first kappa shape index (κ1) is 17.2. The molecule has 0 radical (unpaired) electrons. The molecule has 0 aliphatic heterocycles. The summed E-state index contributed by atoms with van der Waals surface area (Å²) in [6, 6.07) is 7.82. The lowest BCUT2D eigenvalue weighted by Crippen LogP contribution is -3.10. The predicted molar refractivity (Wildman–Crippen MR) is 88.0 cm³/mol. The van der Waals surface area contributed by atoms with Crippen molar-refractivity contribution < 1.29 is 18.9 Å². The second-order valence-corrected chi connectivity index (χ2v) is 6.39. The molecule has 6 nitrogen and oxygen atoms in total. The van der Waals surface area contributed by atoms with E-state index in [0.717, 1.165) is 17.2 Å². The summed E-state index contributed by atoms with van der Waals surface area (Å²) in [6.07, 6.45) is 1.64. The second kappa shape index (κ2) is 8.50. The molecule has 2 N–H and O–H groups in total. The standard InChI is InChI=1S/C16H21N3O3S/c1-17-15(20)11-18(2)16(21)12-19(9-13-5-3-7-22-13)10-14-6-4-8-23-14/h3-8H,9-12H2,1-2H3,(H,17,20)/p+1. The van der Waals surface area contributed by atoms with E-state index in [1.54, 1.807) is 31.7 Å². The van der Waals surface area contributed by atoms with Crippen LogP contribution in [-0.2, 0) is 22.7 Å². The summed E-state index contributed by atoms with van der Waals surface area (Å²) in [5, 5.41) is 4.55. The molecule has 7 heteroatoms. The summed E-state index contributed by atoms with van der Waals surface area (Å²) in [6.45, 7) is 1.76. The molecular formula is C16H22N3O3S+. The van der Waals surface area contributed by atoms with Crippen LogP contribution in [0.3, 0.4) is 0 Å². The molecule has 124 valence electrons. The van der Waals surface area contributed by atoms with E-state index in [4.69, 9.17) is 4.42 Å². The van der Waals surface area contributed by atoms with Gasteiger partial charge in [0.15, 0.2) is 12.3 Å². The first-order valence-corrected chi connectivity index (χ1v) is 8.29. The summed E-state index contributed by atoms with van der Waals surface area (Å²) < 4.78 is 5.40. The number of thiophene rings is 1. The van der Waals surface area contributed by atoms with Gasteiger partial charge in [0.05, 0.1) is 17.7 Å². The Bertz CT molecular complexity index is 574. The number of hydrogen-bond acceptors (Lipinski definition) is 4. The fourth-order valence-corrected chi connectivity index (χ4v) is 3.01. The summed E-state index contributed by atoms with van der Waals surface area (Å²) in [4.78, 5) is 27.5. The van der Waals surface area contributed by atoms with Gasteiger partial charge >= 0.3 is 0 Å². The number of hydrogen-bond donors (Lipinski definition) is 2. The number of carbonyl (C=O) groups is 2. The van der Waals surface area contributed by atoms with Gasteiger partial charge in [0, 0.05) is 14.1 Å². The van der Waals surface area contributed by atoms with Crippen molar-refractivity contribution in [3.8, 4) is 0 Å². The quantitative estimate of drug-likeness (QED) is 0.720. The van der Waals surface area contributed by atoms with Crippen molar-refractivity contribution in [1.29, 1.82) is 0 Å². The minimum Gasteiger partial charge on any atom is -0.463 e. The molecule has 2 heterocycles. The Balaban J connectivity index is 1.98. The van der Waals surface area contributed by atoms with Gasteiger partial charge in [0.2, 0.25) is 5.91 Å². The number of rotatable bonds is 8. The molecule has 0 saturated heterocycles. The van der Waals surface area contributed by atoms with Crippen LogP contribution in [-0.4, -0.2) is 43.9 Å². The second-order valence-electron chi connectivity index (χ2n) is 5.36. The van der Waals surface area contributed by atoms with Crippen LogP contribution in [0.15, 0.2) is 40.3 Å². The summed E-state index contributed by atoms with van der Waals surface area (Å²) in [5.41, 5.74) is 0. The van der Waals surface area contributed by atoms with Crippen LogP contribution >= 0.6 is 11.3 Å². The third-order valence-corrected chi connectivity index (χ3v) is 4.37. The highest BCUT2D eigenvalue weighted by molar-refractivity contribution is 7.09. The molecule has 2 amide bonds. The Labute approximate surface area is 139 Å². The lowest BCUT2D eigenvalue weighted by Gasteiger charge is -2.21. The molecule has 2 rings (SSSR count). The van der Waals surface area contributed by atoms with Gasteiger partial charge in [-0.05, 0) is 23.6 Å². The lowest BCUT2D eigenvalue weighted by atomic mass is 10.3. The van der Waals surface area contributed by atoms with E-state index in [-0.39, 0.29) is 18.4 Å². The van der Waals surface area contributed by atoms with Gasteiger partial charge in [-0.25, -0.2) is 0 Å². The third kappa shape index (κ3) is 5.54. The van der Waals surface area contributed by atoms with Crippen molar-refractivity contribution in [3.63, 3.8) is 0 Å². The highest BCUT2D eigenvalue weighted by Gasteiger charge is 2.21. The zero-order valence-corrected chi connectivity index (χ0v) is 14.2. The monoisotopic (exact) mass is 336 g/mol. The molecule has 2 aromatic rings. The van der Waals surface area contributed by atoms with Crippen molar-refractivity contribution >= 4 is 23.2 Å². The van der Waals surface area contributed by atoms with E-state index in [1.807, 2.05) is 23.6 Å². The number of likely N-dealkylation sites (N-methyl/N-ethyl adjacent to an activating group) is 2. The van der Waals surface area contributed by atoms with Gasteiger partial charge in [-0.15, -0.1) is 11.3 Å². The number of furan rings is 1. The van der Waals surface area contributed by atoms with E-state index in [9.17, 15) is 9.59 Å². The van der Waals surface area contributed by atoms with Crippen molar-refractivity contribution in [2.24, 2.45) is 0 Å². The topological polar surface area (TPSA) is 67.0 Å². The zero-order valence-electron chi connectivity index (χ0n) is 13.4. The Hall–Kier alpha value is -2.12. The molecule has 1 atom stereocenters. The maximum absolute atomic E-state index is 12.4. The highest BCUT2D eigenvalue weighted by atomic mass is 32.1. The van der Waals surface area contributed by atoms with Crippen LogP contribution in [0.4, 0.5) is 0 Å². The van der Waals surface area contributed by atoms with E-state index >= 15 is 0 Å². The van der Waals surface area contributed by atoms with E-state index < -0.39 is 0 Å². The molecule has 0 aromatic carbocycles. The first-order chi connectivity index (χ1) is 11.1. The Morgan fingerprint density at radius 2 is 2.13 bits per heavy atom. The van der Waals surface area contributed by atoms with Crippen LogP contribution in [0.5, 0.6) is 0 Å². The van der Waals surface area contributed by atoms with Gasteiger partial charge in [0.25, 0.3) is 5.91 Å². The van der Waals surface area contributed by atoms with Crippen LogP contribution in [0.2, 0.25) is 0 Å². The fourth-order valence-electron chi connectivity index (χ4n) is 2.24. The minimum atomic E-state index is -0.174. The molecule has 23 heavy (non-hydrogen) atoms. The molecule has 0 aliphatic carbocycles. The summed E-state index contributed by atoms with van der Waals surface area (Å²) in [7, 11) is 3.21. The molecule has 1 unspecified atom stereocenters. The average Bonchev–Trinajstić information content (AvgIpc) is 3.20. The Morgan fingerprint density at radius 1 is 1.30 bits per heavy atom. The first-order valence-electron chi connectivity index (χ1n) is 7.41. The molecule has 0 spiro atoms. The van der Waals surface area contributed by atoms with Crippen LogP contribution < -0.4 is 10.2 Å². The van der Waals surface area contributed by atoms with Crippen LogP contribution in [0, 0.1) is 0 Å². The Kier molecular flexibility index (Phi) is 6.37. The molecule has 2 aromatic heterocycles. The van der Waals surface area contributed by atoms with Crippen molar-refractivity contribution in [2.45, 2.75) is 13.1 Å². The molecule has 0 fully saturated rings. The predicted octanol–water partition coefficient (Wildman–Crippen LogP) is 0.131. The lowest BCUT2D eigenvalue weighted by molar-refractivity contribution is -0.920. The minimum absolute atomic E-state index is 0.0632. The molecule has 0 bridgehead atoms. The van der Waals surface area contributed by atoms with E-state index in [0.29, 0.717) is 13.1 Å². The van der Waals surface area contributed by atoms with Crippen LogP contribution in [0.1, 0.15) is 10.6 Å². The molecule has 0 aliphatic rings. The Morgan fingerprint density at radius 3 is 2.74 bits per heavy atom. The van der Waals surface area contributed by atoms with Crippen molar-refractivity contribution in [2.75, 3.05) is 27.2 Å². The zero-order chi connectivity index (χ0) is 16.7. The maximum Gasteiger partial charge on any atom is 0.277 e. The number of nitrogens with zero attached hydrogens (tertiary/aromatic N) is 1. The van der Waals surface area contributed by atoms with Gasteiger partial charge in [-0.1, -0.05) is 6.07 Å². The SMILES string of the molecule is CNC(=O)CN(C)C(=O)C[NH+](Cc1ccco1)Cc1cccs1. The maximum atomic E-state index is 12.4. The number of amides is 2. The van der Waals surface area contributed by atoms with Crippen molar-refractivity contribution in [1.82, 2.24) is 10.2 Å². The summed E-state index contributed by atoms with van der Waals surface area (Å²) >= 11 is 1.67.